The lowest BCUT2D eigenvalue weighted by Crippen LogP contribution is -2.21. The third-order valence-corrected chi connectivity index (χ3v) is 4.00. The minimum absolute atomic E-state index is 0.0129. The zero-order valence-corrected chi connectivity index (χ0v) is 12.1. The summed E-state index contributed by atoms with van der Waals surface area (Å²) >= 11 is 12.2. The van der Waals surface area contributed by atoms with Crippen LogP contribution in [0, 0.1) is 5.92 Å². The van der Waals surface area contributed by atoms with Crippen LogP contribution in [0.15, 0.2) is 18.2 Å². The summed E-state index contributed by atoms with van der Waals surface area (Å²) in [5, 5.41) is 1.20. The Morgan fingerprint density at radius 3 is 2.24 bits per heavy atom. The first kappa shape index (κ1) is 14.8. The van der Waals surface area contributed by atoms with Crippen molar-refractivity contribution in [2.45, 2.75) is 45.6 Å². The molecule has 0 radical (unpaired) electrons. The second-order valence-corrected chi connectivity index (χ2v) is 5.29. The molecule has 0 spiro atoms. The summed E-state index contributed by atoms with van der Waals surface area (Å²) < 4.78 is 0. The largest absolute Gasteiger partial charge is 0.324 e. The SMILES string of the molecule is CCCC(CCC)C(N)c1cccc(Cl)c1Cl. The molecule has 0 saturated heterocycles. The van der Waals surface area contributed by atoms with Crippen molar-refractivity contribution in [2.24, 2.45) is 11.7 Å². The molecule has 1 unspecified atom stereocenters. The van der Waals surface area contributed by atoms with E-state index < -0.39 is 0 Å². The normalized spacial score (nSPS) is 13.1. The van der Waals surface area contributed by atoms with Crippen LogP contribution in [-0.4, -0.2) is 0 Å². The molecule has 17 heavy (non-hydrogen) atoms. The smallest absolute Gasteiger partial charge is 0.0640 e. The average Bonchev–Trinajstić information content (AvgIpc) is 2.31. The molecule has 0 aliphatic carbocycles. The van der Waals surface area contributed by atoms with Crippen LogP contribution in [0.1, 0.15) is 51.1 Å². The van der Waals surface area contributed by atoms with Crippen molar-refractivity contribution in [1.29, 1.82) is 0 Å². The predicted octanol–water partition coefficient (Wildman–Crippen LogP) is 5.21. The van der Waals surface area contributed by atoms with Gasteiger partial charge in [0.15, 0.2) is 0 Å². The first-order valence-electron chi connectivity index (χ1n) is 6.31. The van der Waals surface area contributed by atoms with E-state index in [1.165, 1.54) is 0 Å². The fourth-order valence-corrected chi connectivity index (χ4v) is 2.71. The number of hydrogen-bond acceptors (Lipinski definition) is 1. The zero-order chi connectivity index (χ0) is 12.8. The second kappa shape index (κ2) is 7.25. The van der Waals surface area contributed by atoms with E-state index in [1.807, 2.05) is 12.1 Å². The van der Waals surface area contributed by atoms with E-state index in [0.717, 1.165) is 31.2 Å². The lowest BCUT2D eigenvalue weighted by molar-refractivity contribution is 0.369. The standard InChI is InChI=1S/C14H21Cl2N/c1-3-6-10(7-4-2)14(17)11-8-5-9-12(15)13(11)16/h5,8-10,14H,3-4,6-7,17H2,1-2H3. The van der Waals surface area contributed by atoms with E-state index in [9.17, 15) is 0 Å². The van der Waals surface area contributed by atoms with Gasteiger partial charge in [-0.05, 0) is 30.4 Å². The van der Waals surface area contributed by atoms with Gasteiger partial charge in [-0.3, -0.25) is 0 Å². The summed E-state index contributed by atoms with van der Waals surface area (Å²) in [6.45, 7) is 4.38. The molecule has 2 N–H and O–H groups in total. The molecule has 96 valence electrons. The van der Waals surface area contributed by atoms with Crippen molar-refractivity contribution >= 4 is 23.2 Å². The van der Waals surface area contributed by atoms with Crippen molar-refractivity contribution in [3.05, 3.63) is 33.8 Å². The molecular weight excluding hydrogens is 253 g/mol. The van der Waals surface area contributed by atoms with Gasteiger partial charge in [-0.15, -0.1) is 0 Å². The highest BCUT2D eigenvalue weighted by molar-refractivity contribution is 6.42. The molecular formula is C14H21Cl2N. The van der Waals surface area contributed by atoms with E-state index in [4.69, 9.17) is 28.9 Å². The molecule has 0 aromatic heterocycles. The van der Waals surface area contributed by atoms with Crippen molar-refractivity contribution < 1.29 is 0 Å². The van der Waals surface area contributed by atoms with Gasteiger partial charge in [0.05, 0.1) is 10.0 Å². The Labute approximate surface area is 114 Å². The zero-order valence-electron chi connectivity index (χ0n) is 10.5. The highest BCUT2D eigenvalue weighted by Gasteiger charge is 2.20. The van der Waals surface area contributed by atoms with Crippen LogP contribution in [0.25, 0.3) is 0 Å². The van der Waals surface area contributed by atoms with E-state index in [0.29, 0.717) is 16.0 Å². The number of nitrogens with two attached hydrogens (primary N) is 1. The Morgan fingerprint density at radius 1 is 1.12 bits per heavy atom. The molecule has 0 amide bonds. The Morgan fingerprint density at radius 2 is 1.71 bits per heavy atom. The quantitative estimate of drug-likeness (QED) is 0.757. The molecule has 3 heteroatoms. The van der Waals surface area contributed by atoms with Gasteiger partial charge in [0.1, 0.15) is 0 Å². The van der Waals surface area contributed by atoms with Gasteiger partial charge in [0.25, 0.3) is 0 Å². The van der Waals surface area contributed by atoms with E-state index >= 15 is 0 Å². The fourth-order valence-electron chi connectivity index (χ4n) is 2.28. The minimum Gasteiger partial charge on any atom is -0.324 e. The van der Waals surface area contributed by atoms with Gasteiger partial charge in [0.2, 0.25) is 0 Å². The number of benzene rings is 1. The molecule has 0 aliphatic rings. The van der Waals surface area contributed by atoms with Crippen LogP contribution in [0.4, 0.5) is 0 Å². The Balaban J connectivity index is 2.92. The van der Waals surface area contributed by atoms with Crippen LogP contribution < -0.4 is 5.73 Å². The number of hydrogen-bond donors (Lipinski definition) is 1. The molecule has 0 bridgehead atoms. The molecule has 1 nitrogen and oxygen atoms in total. The first-order valence-corrected chi connectivity index (χ1v) is 7.06. The highest BCUT2D eigenvalue weighted by atomic mass is 35.5. The molecule has 1 aromatic carbocycles. The third-order valence-electron chi connectivity index (χ3n) is 3.17. The van der Waals surface area contributed by atoms with Gasteiger partial charge < -0.3 is 5.73 Å². The molecule has 0 saturated carbocycles. The van der Waals surface area contributed by atoms with Crippen molar-refractivity contribution in [3.63, 3.8) is 0 Å². The summed E-state index contributed by atoms with van der Waals surface area (Å²) in [6.07, 6.45) is 4.57. The van der Waals surface area contributed by atoms with Crippen molar-refractivity contribution in [2.75, 3.05) is 0 Å². The van der Waals surface area contributed by atoms with Crippen molar-refractivity contribution in [3.8, 4) is 0 Å². The van der Waals surface area contributed by atoms with E-state index in [-0.39, 0.29) is 6.04 Å². The maximum absolute atomic E-state index is 6.34. The predicted molar refractivity (Wildman–Crippen MR) is 76.7 cm³/mol. The minimum atomic E-state index is -0.0129. The van der Waals surface area contributed by atoms with Gasteiger partial charge in [0, 0.05) is 6.04 Å². The Bertz CT molecular complexity index is 346. The van der Waals surface area contributed by atoms with Gasteiger partial charge in [-0.25, -0.2) is 0 Å². The third kappa shape index (κ3) is 3.87. The summed E-state index contributed by atoms with van der Waals surface area (Å²) in [5.41, 5.74) is 7.32. The topological polar surface area (TPSA) is 26.0 Å². The number of rotatable bonds is 6. The highest BCUT2D eigenvalue weighted by Crippen LogP contribution is 2.35. The van der Waals surface area contributed by atoms with Crippen LogP contribution in [0.2, 0.25) is 10.0 Å². The summed E-state index contributed by atoms with van der Waals surface area (Å²) in [6, 6.07) is 5.69. The Kier molecular flexibility index (Phi) is 6.32. The van der Waals surface area contributed by atoms with E-state index in [2.05, 4.69) is 13.8 Å². The molecule has 1 atom stereocenters. The lowest BCUT2D eigenvalue weighted by atomic mass is 9.87. The molecule has 1 aromatic rings. The van der Waals surface area contributed by atoms with Crippen LogP contribution in [0.5, 0.6) is 0 Å². The number of halogens is 2. The van der Waals surface area contributed by atoms with E-state index in [1.54, 1.807) is 6.07 Å². The van der Waals surface area contributed by atoms with Crippen LogP contribution in [-0.2, 0) is 0 Å². The maximum Gasteiger partial charge on any atom is 0.0640 e. The van der Waals surface area contributed by atoms with Crippen LogP contribution >= 0.6 is 23.2 Å². The monoisotopic (exact) mass is 273 g/mol. The molecule has 1 rings (SSSR count). The van der Waals surface area contributed by atoms with Gasteiger partial charge in [-0.2, -0.15) is 0 Å². The average molecular weight is 274 g/mol. The van der Waals surface area contributed by atoms with Gasteiger partial charge in [-0.1, -0.05) is 62.0 Å². The van der Waals surface area contributed by atoms with Gasteiger partial charge >= 0.3 is 0 Å². The molecule has 0 fully saturated rings. The molecule has 0 heterocycles. The fraction of sp³-hybridized carbons (Fsp3) is 0.571. The van der Waals surface area contributed by atoms with Crippen molar-refractivity contribution in [1.82, 2.24) is 0 Å². The maximum atomic E-state index is 6.34. The second-order valence-electron chi connectivity index (χ2n) is 4.51. The summed E-state index contributed by atoms with van der Waals surface area (Å²) in [7, 11) is 0. The van der Waals surface area contributed by atoms with Crippen LogP contribution in [0.3, 0.4) is 0 Å². The summed E-state index contributed by atoms with van der Waals surface area (Å²) in [4.78, 5) is 0. The summed E-state index contributed by atoms with van der Waals surface area (Å²) in [5.74, 6) is 0.487. The lowest BCUT2D eigenvalue weighted by Gasteiger charge is -2.24. The first-order chi connectivity index (χ1) is 8.11. The molecule has 0 aliphatic heterocycles. The Hall–Kier alpha value is -0.240.